The third-order valence-electron chi connectivity index (χ3n) is 5.91. The Bertz CT molecular complexity index is 1000. The molecule has 0 unspecified atom stereocenters. The SMILES string of the molecule is C[C@@H](CC(=O)N(Cc1ccccn1)[C@H](c1ccc(Cl)cc1)C1CC1)c1ccc(F)cc1. The summed E-state index contributed by atoms with van der Waals surface area (Å²) in [4.78, 5) is 20.0. The van der Waals surface area contributed by atoms with E-state index in [0.29, 0.717) is 23.9 Å². The second-order valence-corrected chi connectivity index (χ2v) is 8.77. The molecule has 0 N–H and O–H groups in total. The molecule has 1 amide bonds. The van der Waals surface area contributed by atoms with Gasteiger partial charge in [0.2, 0.25) is 5.91 Å². The molecule has 0 spiro atoms. The summed E-state index contributed by atoms with van der Waals surface area (Å²) >= 11 is 6.11. The number of halogens is 2. The lowest BCUT2D eigenvalue weighted by atomic mass is 9.95. The molecule has 1 aliphatic carbocycles. The summed E-state index contributed by atoms with van der Waals surface area (Å²) in [6, 6.07) is 20.0. The van der Waals surface area contributed by atoms with Crippen molar-refractivity contribution in [2.45, 2.75) is 44.7 Å². The van der Waals surface area contributed by atoms with Crippen LogP contribution in [0.2, 0.25) is 5.02 Å². The first-order valence-corrected chi connectivity index (χ1v) is 11.1. The van der Waals surface area contributed by atoms with Crippen LogP contribution in [0.25, 0.3) is 0 Å². The predicted octanol–water partition coefficient (Wildman–Crippen LogP) is 6.55. The number of amides is 1. The highest BCUT2D eigenvalue weighted by Gasteiger charge is 2.38. The summed E-state index contributed by atoms with van der Waals surface area (Å²) in [7, 11) is 0. The normalized spacial score (nSPS) is 15.3. The van der Waals surface area contributed by atoms with E-state index in [0.717, 1.165) is 29.7 Å². The number of aromatic nitrogens is 1. The Kier molecular flexibility index (Phi) is 6.67. The molecule has 3 aromatic rings. The van der Waals surface area contributed by atoms with Crippen LogP contribution in [-0.2, 0) is 11.3 Å². The van der Waals surface area contributed by atoms with Crippen LogP contribution in [0.15, 0.2) is 72.9 Å². The van der Waals surface area contributed by atoms with Gasteiger partial charge in [-0.3, -0.25) is 9.78 Å². The van der Waals surface area contributed by atoms with Crippen LogP contribution in [0.3, 0.4) is 0 Å². The average Bonchev–Trinajstić information content (AvgIpc) is 3.61. The van der Waals surface area contributed by atoms with Gasteiger partial charge in [0, 0.05) is 17.6 Å². The number of nitrogens with zero attached hydrogens (tertiary/aromatic N) is 2. The van der Waals surface area contributed by atoms with Gasteiger partial charge in [-0.05, 0) is 72.2 Å². The Morgan fingerprint density at radius 1 is 1.06 bits per heavy atom. The Balaban J connectivity index is 1.61. The molecule has 31 heavy (non-hydrogen) atoms. The third-order valence-corrected chi connectivity index (χ3v) is 6.17. The molecular weight excluding hydrogens is 411 g/mol. The lowest BCUT2D eigenvalue weighted by Gasteiger charge is -2.33. The summed E-state index contributed by atoms with van der Waals surface area (Å²) < 4.78 is 13.3. The summed E-state index contributed by atoms with van der Waals surface area (Å²) in [5, 5.41) is 0.686. The predicted molar refractivity (Wildman–Crippen MR) is 121 cm³/mol. The lowest BCUT2D eigenvalue weighted by molar-refractivity contribution is -0.135. The highest BCUT2D eigenvalue weighted by molar-refractivity contribution is 6.30. The van der Waals surface area contributed by atoms with Crippen molar-refractivity contribution in [3.63, 3.8) is 0 Å². The second-order valence-electron chi connectivity index (χ2n) is 8.33. The van der Waals surface area contributed by atoms with Gasteiger partial charge in [-0.2, -0.15) is 0 Å². The smallest absolute Gasteiger partial charge is 0.224 e. The standard InChI is InChI=1S/C26H26ClFN2O/c1-18(19-9-13-23(28)14-10-19)16-25(31)30(17-24-4-2-3-15-29-24)26(20-5-6-20)21-7-11-22(27)12-8-21/h2-4,7-15,18,20,26H,5-6,16-17H2,1H3/t18-,26-/m0/s1. The molecule has 2 aromatic carbocycles. The zero-order valence-corrected chi connectivity index (χ0v) is 18.3. The largest absolute Gasteiger partial charge is 0.329 e. The monoisotopic (exact) mass is 436 g/mol. The molecule has 3 nitrogen and oxygen atoms in total. The maximum absolute atomic E-state index is 13.6. The number of rotatable bonds is 8. The summed E-state index contributed by atoms with van der Waals surface area (Å²) in [5.74, 6) is 0.240. The zero-order valence-electron chi connectivity index (χ0n) is 17.5. The van der Waals surface area contributed by atoms with Gasteiger partial charge in [0.05, 0.1) is 18.3 Å². The summed E-state index contributed by atoms with van der Waals surface area (Å²) in [6.45, 7) is 2.47. The number of benzene rings is 2. The molecule has 0 saturated heterocycles. The second kappa shape index (κ2) is 9.61. The zero-order chi connectivity index (χ0) is 21.8. The quantitative estimate of drug-likeness (QED) is 0.401. The van der Waals surface area contributed by atoms with E-state index in [4.69, 9.17) is 11.6 Å². The van der Waals surface area contributed by atoms with Gasteiger partial charge in [-0.15, -0.1) is 0 Å². The average molecular weight is 437 g/mol. The molecule has 1 saturated carbocycles. The van der Waals surface area contributed by atoms with Gasteiger partial charge in [-0.25, -0.2) is 4.39 Å². The minimum absolute atomic E-state index is 0.00723. The molecular formula is C26H26ClFN2O. The molecule has 160 valence electrons. The number of hydrogen-bond acceptors (Lipinski definition) is 2. The van der Waals surface area contributed by atoms with E-state index in [1.807, 2.05) is 54.3 Å². The molecule has 0 bridgehead atoms. The summed E-state index contributed by atoms with van der Waals surface area (Å²) in [5.41, 5.74) is 2.93. The molecule has 0 radical (unpaired) electrons. The molecule has 0 aliphatic heterocycles. The molecule has 1 heterocycles. The Morgan fingerprint density at radius 2 is 1.74 bits per heavy atom. The van der Waals surface area contributed by atoms with Crippen molar-refractivity contribution in [2.75, 3.05) is 0 Å². The Morgan fingerprint density at radius 3 is 2.35 bits per heavy atom. The first kappa shape index (κ1) is 21.5. The molecule has 2 atom stereocenters. The van der Waals surface area contributed by atoms with E-state index < -0.39 is 0 Å². The van der Waals surface area contributed by atoms with Gasteiger partial charge in [0.15, 0.2) is 0 Å². The van der Waals surface area contributed by atoms with Gasteiger partial charge in [-0.1, -0.05) is 48.9 Å². The first-order chi connectivity index (χ1) is 15.0. The maximum Gasteiger partial charge on any atom is 0.224 e. The maximum atomic E-state index is 13.6. The van der Waals surface area contributed by atoms with Crippen LogP contribution in [0.4, 0.5) is 4.39 Å². The number of hydrogen-bond donors (Lipinski definition) is 0. The topological polar surface area (TPSA) is 33.2 Å². The van der Waals surface area contributed by atoms with E-state index >= 15 is 0 Å². The van der Waals surface area contributed by atoms with Gasteiger partial charge >= 0.3 is 0 Å². The van der Waals surface area contributed by atoms with Crippen molar-refractivity contribution < 1.29 is 9.18 Å². The van der Waals surface area contributed by atoms with Crippen molar-refractivity contribution in [3.05, 3.63) is 101 Å². The van der Waals surface area contributed by atoms with Crippen molar-refractivity contribution in [3.8, 4) is 0 Å². The highest BCUT2D eigenvalue weighted by Crippen LogP contribution is 2.45. The fraction of sp³-hybridized carbons (Fsp3) is 0.308. The highest BCUT2D eigenvalue weighted by atomic mass is 35.5. The van der Waals surface area contributed by atoms with Gasteiger partial charge < -0.3 is 4.90 Å². The van der Waals surface area contributed by atoms with Crippen LogP contribution < -0.4 is 0 Å². The van der Waals surface area contributed by atoms with Gasteiger partial charge in [0.25, 0.3) is 0 Å². The summed E-state index contributed by atoms with van der Waals surface area (Å²) in [6.07, 6.45) is 4.32. The molecule has 4 rings (SSSR count). The Hall–Kier alpha value is -2.72. The van der Waals surface area contributed by atoms with E-state index in [1.54, 1.807) is 18.3 Å². The van der Waals surface area contributed by atoms with E-state index in [1.165, 1.54) is 12.1 Å². The lowest BCUT2D eigenvalue weighted by Crippen LogP contribution is -2.36. The van der Waals surface area contributed by atoms with Crippen LogP contribution in [0.1, 0.15) is 55.0 Å². The minimum Gasteiger partial charge on any atom is -0.329 e. The third kappa shape index (κ3) is 5.50. The van der Waals surface area contributed by atoms with E-state index in [2.05, 4.69) is 4.98 Å². The molecule has 1 aromatic heterocycles. The van der Waals surface area contributed by atoms with Gasteiger partial charge in [0.1, 0.15) is 5.82 Å². The minimum atomic E-state index is -0.268. The first-order valence-electron chi connectivity index (χ1n) is 10.7. The molecule has 1 fully saturated rings. The fourth-order valence-electron chi connectivity index (χ4n) is 4.07. The Labute approximate surface area is 187 Å². The van der Waals surface area contributed by atoms with Crippen LogP contribution >= 0.6 is 11.6 Å². The fourth-order valence-corrected chi connectivity index (χ4v) is 4.20. The van der Waals surface area contributed by atoms with E-state index in [-0.39, 0.29) is 23.7 Å². The van der Waals surface area contributed by atoms with Crippen molar-refractivity contribution in [2.24, 2.45) is 5.92 Å². The molecule has 1 aliphatic rings. The molecule has 5 heteroatoms. The van der Waals surface area contributed by atoms with Crippen molar-refractivity contribution in [1.82, 2.24) is 9.88 Å². The van der Waals surface area contributed by atoms with E-state index in [9.17, 15) is 9.18 Å². The number of pyridine rings is 1. The van der Waals surface area contributed by atoms with Crippen molar-refractivity contribution >= 4 is 17.5 Å². The van der Waals surface area contributed by atoms with Crippen LogP contribution in [0.5, 0.6) is 0 Å². The van der Waals surface area contributed by atoms with Crippen molar-refractivity contribution in [1.29, 1.82) is 0 Å². The van der Waals surface area contributed by atoms with Crippen LogP contribution in [-0.4, -0.2) is 15.8 Å². The number of carbonyl (C=O) groups is 1. The van der Waals surface area contributed by atoms with Crippen LogP contribution in [0, 0.1) is 11.7 Å². The number of carbonyl (C=O) groups excluding carboxylic acids is 1.